The molecule has 0 spiro atoms. The van der Waals surface area contributed by atoms with Gasteiger partial charge in [0.15, 0.2) is 0 Å². The second kappa shape index (κ2) is 8.15. The highest BCUT2D eigenvalue weighted by Gasteiger charge is 2.08. The third-order valence-electron chi connectivity index (χ3n) is 3.58. The lowest BCUT2D eigenvalue weighted by molar-refractivity contribution is 0.473. The summed E-state index contributed by atoms with van der Waals surface area (Å²) in [6, 6.07) is 8.28. The fourth-order valence-electron chi connectivity index (χ4n) is 2.26. The Morgan fingerprint density at radius 1 is 1.21 bits per heavy atom. The van der Waals surface area contributed by atoms with E-state index in [4.69, 9.17) is 16.3 Å². The van der Waals surface area contributed by atoms with Crippen molar-refractivity contribution in [2.24, 2.45) is 4.99 Å². The summed E-state index contributed by atoms with van der Waals surface area (Å²) in [5.74, 6) is 0.595. The van der Waals surface area contributed by atoms with Crippen LogP contribution in [0.1, 0.15) is 24.5 Å². The SMILES string of the molecule is CCCN(C)/C=N/c1cc(C)c(Oc2ccc(Cl)c(F)c2)cc1C. The minimum Gasteiger partial charge on any atom is -0.457 e. The number of hydrogen-bond acceptors (Lipinski definition) is 2. The molecule has 0 saturated carbocycles. The molecule has 0 bridgehead atoms. The Morgan fingerprint density at radius 2 is 1.96 bits per heavy atom. The van der Waals surface area contributed by atoms with Crippen molar-refractivity contribution >= 4 is 23.6 Å². The smallest absolute Gasteiger partial charge is 0.145 e. The van der Waals surface area contributed by atoms with Gasteiger partial charge in [-0.15, -0.1) is 0 Å². The number of rotatable bonds is 6. The summed E-state index contributed by atoms with van der Waals surface area (Å²) in [7, 11) is 2.00. The van der Waals surface area contributed by atoms with E-state index in [-0.39, 0.29) is 5.02 Å². The van der Waals surface area contributed by atoms with E-state index in [0.717, 1.165) is 29.8 Å². The van der Waals surface area contributed by atoms with Crippen LogP contribution in [0.4, 0.5) is 10.1 Å². The molecule has 24 heavy (non-hydrogen) atoms. The van der Waals surface area contributed by atoms with Crippen LogP contribution < -0.4 is 4.74 Å². The van der Waals surface area contributed by atoms with Gasteiger partial charge in [-0.05, 0) is 55.7 Å². The largest absolute Gasteiger partial charge is 0.457 e. The Kier molecular flexibility index (Phi) is 6.21. The van der Waals surface area contributed by atoms with Gasteiger partial charge in [0.05, 0.1) is 17.0 Å². The third-order valence-corrected chi connectivity index (χ3v) is 3.89. The van der Waals surface area contributed by atoms with Gasteiger partial charge in [-0.2, -0.15) is 0 Å². The zero-order chi connectivity index (χ0) is 17.7. The number of aliphatic imine (C=N–C) groups is 1. The number of aryl methyl sites for hydroxylation is 2. The van der Waals surface area contributed by atoms with Crippen LogP contribution in [-0.2, 0) is 0 Å². The molecule has 0 N–H and O–H groups in total. The Morgan fingerprint density at radius 3 is 2.62 bits per heavy atom. The van der Waals surface area contributed by atoms with Gasteiger partial charge in [0.1, 0.15) is 17.3 Å². The molecular formula is C19H22ClFN2O. The molecule has 0 fully saturated rings. The molecule has 0 aliphatic carbocycles. The normalized spacial score (nSPS) is 11.1. The van der Waals surface area contributed by atoms with E-state index in [2.05, 4.69) is 16.8 Å². The number of benzene rings is 2. The van der Waals surface area contributed by atoms with E-state index in [1.54, 1.807) is 6.07 Å². The van der Waals surface area contributed by atoms with Crippen LogP contribution in [0.25, 0.3) is 0 Å². The summed E-state index contributed by atoms with van der Waals surface area (Å²) in [6.45, 7) is 7.01. The quantitative estimate of drug-likeness (QED) is 0.480. The molecule has 0 saturated heterocycles. The Hall–Kier alpha value is -2.07. The van der Waals surface area contributed by atoms with Crippen molar-refractivity contribution in [3.63, 3.8) is 0 Å². The first-order chi connectivity index (χ1) is 11.4. The molecule has 0 aliphatic rings. The number of ether oxygens (including phenoxy) is 1. The average molecular weight is 349 g/mol. The summed E-state index contributed by atoms with van der Waals surface area (Å²) < 4.78 is 19.3. The fraction of sp³-hybridized carbons (Fsp3) is 0.316. The topological polar surface area (TPSA) is 24.8 Å². The van der Waals surface area contributed by atoms with E-state index in [9.17, 15) is 4.39 Å². The molecule has 2 aromatic carbocycles. The second-order valence-corrected chi connectivity index (χ2v) is 6.21. The first-order valence-electron chi connectivity index (χ1n) is 7.89. The van der Waals surface area contributed by atoms with Crippen molar-refractivity contribution in [3.8, 4) is 11.5 Å². The standard InChI is InChI=1S/C19H22ClFN2O/c1-5-8-23(4)12-22-18-9-14(3)19(10-13(18)2)24-15-6-7-16(20)17(21)11-15/h6-7,9-12H,5,8H2,1-4H3/b22-12+. The Bertz CT molecular complexity index is 746. The maximum absolute atomic E-state index is 13.5. The van der Waals surface area contributed by atoms with Crippen LogP contribution in [0.2, 0.25) is 5.02 Å². The van der Waals surface area contributed by atoms with Gasteiger partial charge in [0.25, 0.3) is 0 Å². The molecule has 0 atom stereocenters. The van der Waals surface area contributed by atoms with Gasteiger partial charge in [0.2, 0.25) is 0 Å². The molecular weight excluding hydrogens is 327 g/mol. The molecule has 2 aromatic rings. The number of nitrogens with zero attached hydrogens (tertiary/aromatic N) is 2. The van der Waals surface area contributed by atoms with Crippen molar-refractivity contribution in [3.05, 3.63) is 52.3 Å². The predicted octanol–water partition coefficient (Wildman–Crippen LogP) is 5.89. The lowest BCUT2D eigenvalue weighted by Crippen LogP contribution is -2.16. The van der Waals surface area contributed by atoms with Crippen LogP contribution in [0, 0.1) is 19.7 Å². The predicted molar refractivity (Wildman–Crippen MR) is 98.5 cm³/mol. The maximum Gasteiger partial charge on any atom is 0.145 e. The molecule has 0 aliphatic heterocycles. The van der Waals surface area contributed by atoms with Crippen LogP contribution >= 0.6 is 11.6 Å². The van der Waals surface area contributed by atoms with Crippen LogP contribution in [-0.4, -0.2) is 24.8 Å². The zero-order valence-electron chi connectivity index (χ0n) is 14.4. The molecule has 0 radical (unpaired) electrons. The highest BCUT2D eigenvalue weighted by molar-refractivity contribution is 6.30. The fourth-order valence-corrected chi connectivity index (χ4v) is 2.38. The molecule has 0 heterocycles. The Balaban J connectivity index is 2.21. The van der Waals surface area contributed by atoms with Crippen molar-refractivity contribution < 1.29 is 9.13 Å². The minimum atomic E-state index is -0.497. The van der Waals surface area contributed by atoms with Crippen LogP contribution in [0.3, 0.4) is 0 Å². The first kappa shape index (κ1) is 18.3. The zero-order valence-corrected chi connectivity index (χ0v) is 15.2. The molecule has 3 nitrogen and oxygen atoms in total. The summed E-state index contributed by atoms with van der Waals surface area (Å²) in [6.07, 6.45) is 2.91. The monoisotopic (exact) mass is 348 g/mol. The summed E-state index contributed by atoms with van der Waals surface area (Å²) in [5.41, 5.74) is 2.82. The van der Waals surface area contributed by atoms with Crippen LogP contribution in [0.15, 0.2) is 35.3 Å². The highest BCUT2D eigenvalue weighted by Crippen LogP contribution is 2.32. The van der Waals surface area contributed by atoms with Gasteiger partial charge in [-0.25, -0.2) is 9.38 Å². The van der Waals surface area contributed by atoms with Gasteiger partial charge in [-0.3, -0.25) is 0 Å². The minimum absolute atomic E-state index is 0.0798. The van der Waals surface area contributed by atoms with Crippen molar-refractivity contribution in [1.29, 1.82) is 0 Å². The van der Waals surface area contributed by atoms with Crippen molar-refractivity contribution in [2.75, 3.05) is 13.6 Å². The van der Waals surface area contributed by atoms with Crippen molar-refractivity contribution in [2.45, 2.75) is 27.2 Å². The average Bonchev–Trinajstić information content (AvgIpc) is 2.53. The Labute approximate surface area is 147 Å². The summed E-state index contributed by atoms with van der Waals surface area (Å²) >= 11 is 5.69. The molecule has 128 valence electrons. The molecule has 2 rings (SSSR count). The van der Waals surface area contributed by atoms with Gasteiger partial charge in [0, 0.05) is 19.7 Å². The summed E-state index contributed by atoms with van der Waals surface area (Å²) in [4.78, 5) is 6.58. The first-order valence-corrected chi connectivity index (χ1v) is 8.27. The lowest BCUT2D eigenvalue weighted by atomic mass is 10.1. The second-order valence-electron chi connectivity index (χ2n) is 5.81. The maximum atomic E-state index is 13.5. The third kappa shape index (κ3) is 4.71. The van der Waals surface area contributed by atoms with Gasteiger partial charge < -0.3 is 9.64 Å². The van der Waals surface area contributed by atoms with E-state index in [0.29, 0.717) is 11.5 Å². The van der Waals surface area contributed by atoms with Gasteiger partial charge >= 0.3 is 0 Å². The number of halogens is 2. The summed E-state index contributed by atoms with van der Waals surface area (Å²) in [5, 5.41) is 0.0798. The molecule has 0 amide bonds. The molecule has 0 aromatic heterocycles. The molecule has 5 heteroatoms. The van der Waals surface area contributed by atoms with Crippen molar-refractivity contribution in [1.82, 2.24) is 4.90 Å². The van der Waals surface area contributed by atoms with Crippen LogP contribution in [0.5, 0.6) is 11.5 Å². The van der Waals surface area contributed by atoms with E-state index < -0.39 is 5.82 Å². The molecule has 0 unspecified atom stereocenters. The van der Waals surface area contributed by atoms with E-state index in [1.807, 2.05) is 39.4 Å². The van der Waals surface area contributed by atoms with Gasteiger partial charge in [-0.1, -0.05) is 18.5 Å². The van der Waals surface area contributed by atoms with E-state index in [1.165, 1.54) is 12.1 Å². The number of hydrogen-bond donors (Lipinski definition) is 0. The highest BCUT2D eigenvalue weighted by atomic mass is 35.5. The van der Waals surface area contributed by atoms with E-state index >= 15 is 0 Å². The lowest BCUT2D eigenvalue weighted by Gasteiger charge is -2.13.